The van der Waals surface area contributed by atoms with Crippen molar-refractivity contribution in [3.8, 4) is 11.3 Å². The fraction of sp³-hybridized carbons (Fsp3) is 0.364. The van der Waals surface area contributed by atoms with Gasteiger partial charge in [-0.05, 0) is 12.5 Å². The van der Waals surface area contributed by atoms with Crippen LogP contribution in [0.4, 0.5) is 5.88 Å². The second kappa shape index (κ2) is 3.81. The zero-order valence-corrected chi connectivity index (χ0v) is 8.91. The van der Waals surface area contributed by atoms with E-state index in [1.165, 1.54) is 0 Å². The molecule has 0 saturated carbocycles. The highest BCUT2D eigenvalue weighted by Gasteiger charge is 2.17. The summed E-state index contributed by atoms with van der Waals surface area (Å²) in [7, 11) is 0. The van der Waals surface area contributed by atoms with Crippen LogP contribution in [0.2, 0.25) is 0 Å². The fourth-order valence-corrected chi connectivity index (χ4v) is 1.70. The summed E-state index contributed by atoms with van der Waals surface area (Å²) < 4.78 is 10.4. The van der Waals surface area contributed by atoms with Gasteiger partial charge in [-0.25, -0.2) is 0 Å². The second-order valence-corrected chi connectivity index (χ2v) is 3.34. The quantitative estimate of drug-likeness (QED) is 0.838. The van der Waals surface area contributed by atoms with Crippen molar-refractivity contribution in [2.24, 2.45) is 0 Å². The molecule has 80 valence electrons. The summed E-state index contributed by atoms with van der Waals surface area (Å²) in [6, 6.07) is 1.90. The van der Waals surface area contributed by atoms with Gasteiger partial charge in [0.05, 0.1) is 6.26 Å². The van der Waals surface area contributed by atoms with E-state index in [9.17, 15) is 0 Å². The van der Waals surface area contributed by atoms with Crippen molar-refractivity contribution in [3.05, 3.63) is 23.7 Å². The molecular weight excluding hydrogens is 192 g/mol. The molecule has 0 amide bonds. The summed E-state index contributed by atoms with van der Waals surface area (Å²) in [5.74, 6) is 1.31. The average molecular weight is 206 g/mol. The molecule has 0 spiro atoms. The minimum absolute atomic E-state index is 0.399. The minimum Gasteiger partial charge on any atom is -0.469 e. The van der Waals surface area contributed by atoms with Crippen molar-refractivity contribution in [3.63, 3.8) is 0 Å². The highest BCUT2D eigenvalue weighted by Crippen LogP contribution is 2.30. The highest BCUT2D eigenvalue weighted by molar-refractivity contribution is 5.68. The molecule has 0 aromatic carbocycles. The SMILES string of the molecule is CCc1occc1-c1noc(N)c1CC. The van der Waals surface area contributed by atoms with Gasteiger partial charge >= 0.3 is 0 Å². The first-order valence-corrected chi connectivity index (χ1v) is 5.08. The predicted molar refractivity (Wildman–Crippen MR) is 57.4 cm³/mol. The fourth-order valence-electron chi connectivity index (χ4n) is 1.70. The van der Waals surface area contributed by atoms with Gasteiger partial charge in [-0.2, -0.15) is 0 Å². The molecule has 15 heavy (non-hydrogen) atoms. The zero-order valence-electron chi connectivity index (χ0n) is 8.91. The van der Waals surface area contributed by atoms with E-state index >= 15 is 0 Å². The molecule has 2 N–H and O–H groups in total. The summed E-state index contributed by atoms with van der Waals surface area (Å²) in [4.78, 5) is 0. The van der Waals surface area contributed by atoms with E-state index in [-0.39, 0.29) is 0 Å². The maximum absolute atomic E-state index is 5.69. The van der Waals surface area contributed by atoms with Crippen LogP contribution in [0.5, 0.6) is 0 Å². The van der Waals surface area contributed by atoms with E-state index in [1.54, 1.807) is 6.26 Å². The third-order valence-electron chi connectivity index (χ3n) is 2.49. The summed E-state index contributed by atoms with van der Waals surface area (Å²) in [6.07, 6.45) is 3.30. The first-order chi connectivity index (χ1) is 7.27. The van der Waals surface area contributed by atoms with Crippen molar-refractivity contribution < 1.29 is 8.94 Å². The monoisotopic (exact) mass is 206 g/mol. The largest absolute Gasteiger partial charge is 0.469 e. The molecule has 0 aliphatic rings. The van der Waals surface area contributed by atoms with Gasteiger partial charge in [-0.3, -0.25) is 0 Å². The number of furan rings is 1. The van der Waals surface area contributed by atoms with Crippen LogP contribution in [0.3, 0.4) is 0 Å². The van der Waals surface area contributed by atoms with Crippen molar-refractivity contribution in [2.45, 2.75) is 26.7 Å². The van der Waals surface area contributed by atoms with Gasteiger partial charge in [0.1, 0.15) is 11.5 Å². The topological polar surface area (TPSA) is 65.2 Å². The third kappa shape index (κ3) is 1.52. The van der Waals surface area contributed by atoms with E-state index in [0.29, 0.717) is 5.88 Å². The third-order valence-corrected chi connectivity index (χ3v) is 2.49. The molecule has 0 fully saturated rings. The van der Waals surface area contributed by atoms with Crippen LogP contribution in [0.15, 0.2) is 21.3 Å². The second-order valence-electron chi connectivity index (χ2n) is 3.34. The lowest BCUT2D eigenvalue weighted by molar-refractivity contribution is 0.438. The number of hydrogen-bond donors (Lipinski definition) is 1. The van der Waals surface area contributed by atoms with Crippen LogP contribution in [0, 0.1) is 0 Å². The number of aromatic nitrogens is 1. The summed E-state index contributed by atoms with van der Waals surface area (Å²) in [6.45, 7) is 4.06. The number of aryl methyl sites for hydroxylation is 1. The van der Waals surface area contributed by atoms with Crippen LogP contribution in [-0.4, -0.2) is 5.16 Å². The number of anilines is 1. The van der Waals surface area contributed by atoms with Gasteiger partial charge in [0.25, 0.3) is 0 Å². The Labute approximate surface area is 88.0 Å². The maximum Gasteiger partial charge on any atom is 0.225 e. The van der Waals surface area contributed by atoms with Crippen LogP contribution in [0.25, 0.3) is 11.3 Å². The first-order valence-electron chi connectivity index (χ1n) is 5.08. The van der Waals surface area contributed by atoms with Crippen LogP contribution in [0.1, 0.15) is 25.2 Å². The Morgan fingerprint density at radius 2 is 2.13 bits per heavy atom. The van der Waals surface area contributed by atoms with Crippen molar-refractivity contribution >= 4 is 5.88 Å². The van der Waals surface area contributed by atoms with E-state index in [0.717, 1.165) is 35.4 Å². The van der Waals surface area contributed by atoms with E-state index in [4.69, 9.17) is 14.7 Å². The molecule has 0 unspecified atom stereocenters. The van der Waals surface area contributed by atoms with E-state index < -0.39 is 0 Å². The maximum atomic E-state index is 5.69. The Morgan fingerprint density at radius 3 is 2.80 bits per heavy atom. The standard InChI is InChI=1S/C11H14N2O2/c1-3-7-10(13-15-11(7)12)8-5-6-14-9(8)4-2/h5-6H,3-4,12H2,1-2H3. The number of nitrogens with zero attached hydrogens (tertiary/aromatic N) is 1. The summed E-state index contributed by atoms with van der Waals surface area (Å²) in [5.41, 5.74) is 8.43. The lowest BCUT2D eigenvalue weighted by Crippen LogP contribution is -1.90. The number of rotatable bonds is 3. The van der Waals surface area contributed by atoms with Gasteiger partial charge < -0.3 is 14.7 Å². The summed E-state index contributed by atoms with van der Waals surface area (Å²) >= 11 is 0. The Balaban J connectivity index is 2.53. The van der Waals surface area contributed by atoms with Crippen LogP contribution in [-0.2, 0) is 12.8 Å². The molecule has 0 radical (unpaired) electrons. The van der Waals surface area contributed by atoms with Crippen LogP contribution >= 0.6 is 0 Å². The van der Waals surface area contributed by atoms with Crippen LogP contribution < -0.4 is 5.73 Å². The number of hydrogen-bond acceptors (Lipinski definition) is 4. The summed E-state index contributed by atoms with van der Waals surface area (Å²) in [5, 5.41) is 3.98. The Morgan fingerprint density at radius 1 is 1.33 bits per heavy atom. The normalized spacial score (nSPS) is 10.8. The molecular formula is C11H14N2O2. The molecule has 0 aliphatic heterocycles. The molecule has 2 aromatic rings. The molecule has 0 atom stereocenters. The molecule has 2 rings (SSSR count). The molecule has 2 aromatic heterocycles. The van der Waals surface area contributed by atoms with Crippen molar-refractivity contribution in [1.82, 2.24) is 5.16 Å². The highest BCUT2D eigenvalue weighted by atomic mass is 16.5. The molecule has 0 saturated heterocycles. The molecule has 4 heteroatoms. The molecule has 0 aliphatic carbocycles. The van der Waals surface area contributed by atoms with Gasteiger partial charge in [0.2, 0.25) is 5.88 Å². The Bertz CT molecular complexity index is 457. The van der Waals surface area contributed by atoms with Gasteiger partial charge in [0.15, 0.2) is 0 Å². The molecule has 0 bridgehead atoms. The lowest BCUT2D eigenvalue weighted by Gasteiger charge is -1.98. The first kappa shape index (κ1) is 9.83. The predicted octanol–water partition coefficient (Wildman–Crippen LogP) is 2.64. The smallest absolute Gasteiger partial charge is 0.225 e. The zero-order chi connectivity index (χ0) is 10.8. The van der Waals surface area contributed by atoms with Gasteiger partial charge in [-0.1, -0.05) is 19.0 Å². The van der Waals surface area contributed by atoms with Crippen molar-refractivity contribution in [1.29, 1.82) is 0 Å². The number of nitrogen functional groups attached to an aromatic ring is 1. The minimum atomic E-state index is 0.399. The molecule has 4 nitrogen and oxygen atoms in total. The van der Waals surface area contributed by atoms with E-state index in [2.05, 4.69) is 5.16 Å². The molecule has 2 heterocycles. The van der Waals surface area contributed by atoms with Gasteiger partial charge in [-0.15, -0.1) is 0 Å². The Kier molecular flexibility index (Phi) is 2.49. The van der Waals surface area contributed by atoms with E-state index in [1.807, 2.05) is 19.9 Å². The lowest BCUT2D eigenvalue weighted by atomic mass is 10.1. The average Bonchev–Trinajstić information content (AvgIpc) is 2.82. The van der Waals surface area contributed by atoms with Crippen molar-refractivity contribution in [2.75, 3.05) is 5.73 Å². The van der Waals surface area contributed by atoms with Gasteiger partial charge in [0, 0.05) is 17.5 Å². The Hall–Kier alpha value is -1.71. The number of nitrogens with two attached hydrogens (primary N) is 1.